The van der Waals surface area contributed by atoms with Crippen molar-refractivity contribution < 1.29 is 17.9 Å². The molecule has 0 atom stereocenters. The van der Waals surface area contributed by atoms with E-state index in [2.05, 4.69) is 10.0 Å². The topological polar surface area (TPSA) is 87.7 Å². The molecular formula is C23H23Cl2N3O4S. The number of sulfonamides is 1. The van der Waals surface area contributed by atoms with Crippen LogP contribution in [0.15, 0.2) is 77.7 Å². The first kappa shape index (κ1) is 24.9. The van der Waals surface area contributed by atoms with Gasteiger partial charge in [0.15, 0.2) is 0 Å². The van der Waals surface area contributed by atoms with E-state index >= 15 is 0 Å². The largest absolute Gasteiger partial charge is 0.497 e. The average molecular weight is 508 g/mol. The maximum atomic E-state index is 13.0. The summed E-state index contributed by atoms with van der Waals surface area (Å²) in [6.45, 7) is 0.407. The standard InChI is InChI=1S/C23H23Cl2N3O4S/c1-32-21-10-8-20(9-11-21)28(23(29)27-19-5-2-4-18(25)16-19)15-3-14-26-33(30,31)22-12-6-17(24)7-13-22/h2,4-13,16,26H,3,14-15H2,1H3,(H,27,29). The number of methoxy groups -OCH3 is 1. The monoisotopic (exact) mass is 507 g/mol. The number of carbonyl (C=O) groups is 1. The number of amides is 2. The zero-order valence-corrected chi connectivity index (χ0v) is 20.1. The number of nitrogens with zero attached hydrogens (tertiary/aromatic N) is 1. The Morgan fingerprint density at radius 2 is 1.67 bits per heavy atom. The third-order valence-corrected chi connectivity index (χ3v) is 6.64. The molecule has 0 saturated carbocycles. The number of rotatable bonds is 9. The van der Waals surface area contributed by atoms with Crippen molar-refractivity contribution >= 4 is 50.6 Å². The Morgan fingerprint density at radius 1 is 0.970 bits per heavy atom. The van der Waals surface area contributed by atoms with Gasteiger partial charge in [-0.25, -0.2) is 17.9 Å². The van der Waals surface area contributed by atoms with Crippen LogP contribution in [0.3, 0.4) is 0 Å². The number of hydrogen-bond acceptors (Lipinski definition) is 4. The predicted molar refractivity (Wildman–Crippen MR) is 132 cm³/mol. The zero-order chi connectivity index (χ0) is 23.8. The number of ether oxygens (including phenoxy) is 1. The molecule has 3 aromatic rings. The minimum absolute atomic E-state index is 0.123. The van der Waals surface area contributed by atoms with Gasteiger partial charge < -0.3 is 10.1 Å². The first-order valence-corrected chi connectivity index (χ1v) is 12.3. The lowest BCUT2D eigenvalue weighted by atomic mass is 10.2. The number of carbonyl (C=O) groups excluding carboxylic acids is 1. The Balaban J connectivity index is 1.68. The molecule has 2 N–H and O–H groups in total. The molecule has 174 valence electrons. The maximum absolute atomic E-state index is 13.0. The first-order valence-electron chi connectivity index (χ1n) is 10.0. The summed E-state index contributed by atoms with van der Waals surface area (Å²) >= 11 is 11.8. The van der Waals surface area contributed by atoms with Crippen LogP contribution in [0.5, 0.6) is 5.75 Å². The highest BCUT2D eigenvalue weighted by Gasteiger charge is 2.18. The smallest absolute Gasteiger partial charge is 0.326 e. The average Bonchev–Trinajstić information content (AvgIpc) is 2.79. The van der Waals surface area contributed by atoms with E-state index in [1.54, 1.807) is 55.6 Å². The molecule has 7 nitrogen and oxygen atoms in total. The molecule has 0 bridgehead atoms. The number of benzene rings is 3. The van der Waals surface area contributed by atoms with Crippen molar-refractivity contribution in [2.24, 2.45) is 0 Å². The molecule has 0 spiro atoms. The minimum atomic E-state index is -3.68. The highest BCUT2D eigenvalue weighted by molar-refractivity contribution is 7.89. The lowest BCUT2D eigenvalue weighted by Crippen LogP contribution is -2.37. The maximum Gasteiger partial charge on any atom is 0.326 e. The summed E-state index contributed by atoms with van der Waals surface area (Å²) in [5.41, 5.74) is 1.19. The van der Waals surface area contributed by atoms with Crippen LogP contribution in [0.2, 0.25) is 10.0 Å². The van der Waals surface area contributed by atoms with Gasteiger partial charge in [0.05, 0.1) is 12.0 Å². The quantitative estimate of drug-likeness (QED) is 0.379. The lowest BCUT2D eigenvalue weighted by Gasteiger charge is -2.23. The normalized spacial score (nSPS) is 11.1. The van der Waals surface area contributed by atoms with Crippen molar-refractivity contribution in [2.75, 3.05) is 30.4 Å². The van der Waals surface area contributed by atoms with E-state index in [9.17, 15) is 13.2 Å². The Morgan fingerprint density at radius 3 is 2.30 bits per heavy atom. The van der Waals surface area contributed by atoms with Crippen LogP contribution in [-0.4, -0.2) is 34.6 Å². The third-order valence-electron chi connectivity index (χ3n) is 4.68. The van der Waals surface area contributed by atoms with Crippen molar-refractivity contribution in [3.05, 3.63) is 82.8 Å². The van der Waals surface area contributed by atoms with E-state index in [0.717, 1.165) is 0 Å². The van der Waals surface area contributed by atoms with Crippen LogP contribution < -0.4 is 19.7 Å². The number of nitrogens with one attached hydrogen (secondary N) is 2. The Hall–Kier alpha value is -2.78. The van der Waals surface area contributed by atoms with E-state index in [0.29, 0.717) is 33.6 Å². The van der Waals surface area contributed by atoms with Crippen molar-refractivity contribution in [3.8, 4) is 5.75 Å². The molecule has 0 fully saturated rings. The Kier molecular flexibility index (Phi) is 8.57. The van der Waals surface area contributed by atoms with Crippen LogP contribution in [0, 0.1) is 0 Å². The summed E-state index contributed by atoms with van der Waals surface area (Å²) in [6, 6.07) is 19.4. The van der Waals surface area contributed by atoms with Gasteiger partial charge >= 0.3 is 6.03 Å². The molecule has 3 rings (SSSR count). The molecule has 0 saturated heterocycles. The Bertz CT molecular complexity index is 1190. The van der Waals surface area contributed by atoms with Crippen molar-refractivity contribution in [2.45, 2.75) is 11.3 Å². The second-order valence-corrected chi connectivity index (χ2v) is 9.64. The molecule has 0 aliphatic rings. The number of hydrogen-bond donors (Lipinski definition) is 2. The van der Waals surface area contributed by atoms with Gasteiger partial charge in [0.25, 0.3) is 0 Å². The SMILES string of the molecule is COc1ccc(N(CCCNS(=O)(=O)c2ccc(Cl)cc2)C(=O)Nc2cccc(Cl)c2)cc1. The molecule has 0 aliphatic carbocycles. The highest BCUT2D eigenvalue weighted by Crippen LogP contribution is 2.22. The fraction of sp³-hybridized carbons (Fsp3) is 0.174. The molecule has 3 aromatic carbocycles. The summed E-state index contributed by atoms with van der Waals surface area (Å²) in [4.78, 5) is 14.7. The van der Waals surface area contributed by atoms with Gasteiger partial charge in [-0.15, -0.1) is 0 Å². The van der Waals surface area contributed by atoms with E-state index in [1.807, 2.05) is 0 Å². The van der Waals surface area contributed by atoms with Gasteiger partial charge in [-0.1, -0.05) is 29.3 Å². The summed E-state index contributed by atoms with van der Waals surface area (Å²) in [6.07, 6.45) is 0.377. The van der Waals surface area contributed by atoms with E-state index in [4.69, 9.17) is 27.9 Å². The van der Waals surface area contributed by atoms with Gasteiger partial charge in [-0.3, -0.25) is 4.90 Å². The van der Waals surface area contributed by atoms with E-state index in [1.165, 1.54) is 29.2 Å². The summed E-state index contributed by atoms with van der Waals surface area (Å²) in [5, 5.41) is 3.77. The number of urea groups is 1. The molecule has 33 heavy (non-hydrogen) atoms. The number of anilines is 2. The summed E-state index contributed by atoms with van der Waals surface area (Å²) in [7, 11) is -2.12. The van der Waals surface area contributed by atoms with Crippen LogP contribution in [0.1, 0.15) is 6.42 Å². The zero-order valence-electron chi connectivity index (χ0n) is 17.8. The fourth-order valence-electron chi connectivity index (χ4n) is 3.01. The van der Waals surface area contributed by atoms with Crippen molar-refractivity contribution in [1.82, 2.24) is 4.72 Å². The molecule has 0 aliphatic heterocycles. The van der Waals surface area contributed by atoms with Crippen LogP contribution in [0.4, 0.5) is 16.2 Å². The van der Waals surface area contributed by atoms with Gasteiger partial charge in [0, 0.05) is 34.5 Å². The highest BCUT2D eigenvalue weighted by atomic mass is 35.5. The van der Waals surface area contributed by atoms with Gasteiger partial charge in [0.2, 0.25) is 10.0 Å². The second kappa shape index (κ2) is 11.4. The van der Waals surface area contributed by atoms with Crippen molar-refractivity contribution in [1.29, 1.82) is 0 Å². The van der Waals surface area contributed by atoms with Gasteiger partial charge in [0.1, 0.15) is 5.75 Å². The summed E-state index contributed by atoms with van der Waals surface area (Å²) in [5.74, 6) is 0.657. The Labute approximate surface area is 203 Å². The lowest BCUT2D eigenvalue weighted by molar-refractivity contribution is 0.257. The molecule has 0 unspecified atom stereocenters. The fourth-order valence-corrected chi connectivity index (χ4v) is 4.40. The third kappa shape index (κ3) is 7.10. The molecule has 2 amide bonds. The minimum Gasteiger partial charge on any atom is -0.497 e. The van der Waals surface area contributed by atoms with Crippen molar-refractivity contribution in [3.63, 3.8) is 0 Å². The van der Waals surface area contributed by atoms with Gasteiger partial charge in [-0.05, 0) is 73.2 Å². The second-order valence-electron chi connectivity index (χ2n) is 7.00. The molecule has 0 aromatic heterocycles. The molecule has 10 heteroatoms. The van der Waals surface area contributed by atoms with E-state index in [-0.39, 0.29) is 24.0 Å². The van der Waals surface area contributed by atoms with Crippen LogP contribution in [-0.2, 0) is 10.0 Å². The number of halogens is 2. The summed E-state index contributed by atoms with van der Waals surface area (Å²) < 4.78 is 32.7. The molecular weight excluding hydrogens is 485 g/mol. The van der Waals surface area contributed by atoms with Gasteiger partial charge in [-0.2, -0.15) is 0 Å². The predicted octanol–water partition coefficient (Wildman–Crippen LogP) is 5.41. The molecule has 0 radical (unpaired) electrons. The van der Waals surface area contributed by atoms with Crippen LogP contribution in [0.25, 0.3) is 0 Å². The van der Waals surface area contributed by atoms with E-state index < -0.39 is 10.0 Å². The molecule has 0 heterocycles. The first-order chi connectivity index (χ1) is 15.8. The van der Waals surface area contributed by atoms with Crippen LogP contribution >= 0.6 is 23.2 Å².